The molecule has 0 amide bonds. The molecule has 0 saturated carbocycles. The van der Waals surface area contributed by atoms with Gasteiger partial charge in [0.05, 0.1) is 23.1 Å². The summed E-state index contributed by atoms with van der Waals surface area (Å²) in [5, 5.41) is 12.8. The van der Waals surface area contributed by atoms with Gasteiger partial charge in [0, 0.05) is 4.88 Å². The van der Waals surface area contributed by atoms with E-state index in [1.54, 1.807) is 11.3 Å². The molecule has 0 saturated heterocycles. The second-order valence-corrected chi connectivity index (χ2v) is 5.41. The summed E-state index contributed by atoms with van der Waals surface area (Å²) < 4.78 is 0. The number of nitrogens with one attached hydrogen (secondary N) is 1. The second kappa shape index (κ2) is 4.51. The smallest absolute Gasteiger partial charge is 0.337 e. The van der Waals surface area contributed by atoms with Gasteiger partial charge in [-0.05, 0) is 25.3 Å². The Hall–Kier alpha value is -2.15. The van der Waals surface area contributed by atoms with Gasteiger partial charge in [-0.25, -0.2) is 14.8 Å². The molecule has 98 valence electrons. The third-order valence-electron chi connectivity index (χ3n) is 3.00. The van der Waals surface area contributed by atoms with Gasteiger partial charge in [0.1, 0.15) is 5.82 Å². The number of aromatic nitrogens is 2. The average molecular weight is 276 g/mol. The van der Waals surface area contributed by atoms with Crippen LogP contribution in [-0.2, 0) is 12.8 Å². The molecule has 19 heavy (non-hydrogen) atoms. The van der Waals surface area contributed by atoms with Crippen molar-refractivity contribution in [2.45, 2.75) is 19.3 Å². The Labute approximate surface area is 113 Å². The number of pyridine rings is 1. The number of hydrogen-bond donors (Lipinski definition) is 3. The highest BCUT2D eigenvalue weighted by atomic mass is 32.1. The number of carboxylic acids is 1. The minimum Gasteiger partial charge on any atom is -0.478 e. The van der Waals surface area contributed by atoms with Crippen molar-refractivity contribution in [3.63, 3.8) is 0 Å². The first-order valence-corrected chi connectivity index (χ1v) is 6.69. The molecule has 1 aliphatic carbocycles. The number of nitrogens with zero attached hydrogens (tertiary/aromatic N) is 2. The van der Waals surface area contributed by atoms with E-state index in [1.807, 2.05) is 0 Å². The lowest BCUT2D eigenvalue weighted by atomic mass is 10.2. The maximum absolute atomic E-state index is 11.0. The number of fused-ring (bicyclic) bond motifs is 1. The third kappa shape index (κ3) is 2.24. The molecule has 2 heterocycles. The van der Waals surface area contributed by atoms with Gasteiger partial charge in [0.15, 0.2) is 5.13 Å². The Morgan fingerprint density at radius 2 is 2.32 bits per heavy atom. The van der Waals surface area contributed by atoms with Crippen LogP contribution in [0.15, 0.2) is 12.3 Å². The molecule has 4 N–H and O–H groups in total. The highest BCUT2D eigenvalue weighted by Crippen LogP contribution is 2.31. The molecular weight excluding hydrogens is 264 g/mol. The summed E-state index contributed by atoms with van der Waals surface area (Å²) in [4.78, 5) is 20.8. The van der Waals surface area contributed by atoms with Crippen molar-refractivity contribution in [2.75, 3.05) is 11.1 Å². The quantitative estimate of drug-likeness (QED) is 0.793. The number of nitrogens with two attached hydrogens (primary N) is 1. The normalized spacial score (nSPS) is 13.3. The summed E-state index contributed by atoms with van der Waals surface area (Å²) in [6.45, 7) is 0. The van der Waals surface area contributed by atoms with Crippen molar-refractivity contribution in [1.82, 2.24) is 9.97 Å². The van der Waals surface area contributed by atoms with Crippen LogP contribution < -0.4 is 11.1 Å². The van der Waals surface area contributed by atoms with Gasteiger partial charge in [-0.1, -0.05) is 0 Å². The van der Waals surface area contributed by atoms with Crippen LogP contribution in [0.2, 0.25) is 0 Å². The Bertz CT molecular complexity index is 632. The lowest BCUT2D eigenvalue weighted by Gasteiger charge is -2.05. The van der Waals surface area contributed by atoms with Crippen LogP contribution in [0.25, 0.3) is 0 Å². The van der Waals surface area contributed by atoms with E-state index in [9.17, 15) is 4.79 Å². The Balaban J connectivity index is 1.86. The van der Waals surface area contributed by atoms with Crippen LogP contribution in [0.3, 0.4) is 0 Å². The van der Waals surface area contributed by atoms with E-state index in [0.717, 1.165) is 30.1 Å². The molecule has 2 aromatic heterocycles. The lowest BCUT2D eigenvalue weighted by Crippen LogP contribution is -2.05. The first kappa shape index (κ1) is 11.9. The first-order valence-electron chi connectivity index (χ1n) is 5.88. The van der Waals surface area contributed by atoms with Gasteiger partial charge in [0.25, 0.3) is 0 Å². The van der Waals surface area contributed by atoms with E-state index >= 15 is 0 Å². The zero-order valence-corrected chi connectivity index (χ0v) is 10.8. The number of anilines is 3. The summed E-state index contributed by atoms with van der Waals surface area (Å²) in [6.07, 6.45) is 4.60. The standard InChI is InChI=1S/C12H12N4O2S/c13-7-5-14-10(4-6(7)11(17)18)16-12-15-8-2-1-3-9(8)19-12/h4-5H,1-3,13H2,(H,17,18)(H,14,15,16). The van der Waals surface area contributed by atoms with Crippen LogP contribution in [0.1, 0.15) is 27.3 Å². The summed E-state index contributed by atoms with van der Waals surface area (Å²) >= 11 is 1.59. The molecule has 0 unspecified atom stereocenters. The molecule has 0 fully saturated rings. The van der Waals surface area contributed by atoms with Crippen molar-refractivity contribution in [1.29, 1.82) is 0 Å². The predicted octanol–water partition coefficient (Wildman–Crippen LogP) is 2.05. The highest BCUT2D eigenvalue weighted by Gasteiger charge is 2.17. The minimum absolute atomic E-state index is 0.0431. The van der Waals surface area contributed by atoms with Crippen LogP contribution in [-0.4, -0.2) is 21.0 Å². The number of aromatic carboxylic acids is 1. The van der Waals surface area contributed by atoms with Crippen molar-refractivity contribution in [2.24, 2.45) is 0 Å². The number of thiazole rings is 1. The molecule has 0 bridgehead atoms. The molecule has 3 rings (SSSR count). The fourth-order valence-electron chi connectivity index (χ4n) is 2.07. The van der Waals surface area contributed by atoms with Crippen LogP contribution in [0.5, 0.6) is 0 Å². The van der Waals surface area contributed by atoms with Gasteiger partial charge in [-0.2, -0.15) is 0 Å². The molecule has 0 spiro atoms. The van der Waals surface area contributed by atoms with Crippen LogP contribution in [0, 0.1) is 0 Å². The number of aryl methyl sites for hydroxylation is 2. The summed E-state index contributed by atoms with van der Waals surface area (Å²) in [6, 6.07) is 1.42. The molecule has 7 heteroatoms. The van der Waals surface area contributed by atoms with E-state index in [0.29, 0.717) is 5.82 Å². The third-order valence-corrected chi connectivity index (χ3v) is 4.07. The Morgan fingerprint density at radius 1 is 1.47 bits per heavy atom. The first-order chi connectivity index (χ1) is 9.13. The molecule has 0 aliphatic heterocycles. The maximum atomic E-state index is 11.0. The number of hydrogen-bond acceptors (Lipinski definition) is 6. The van der Waals surface area contributed by atoms with E-state index in [4.69, 9.17) is 10.8 Å². The zero-order chi connectivity index (χ0) is 13.4. The molecule has 0 atom stereocenters. The fourth-order valence-corrected chi connectivity index (χ4v) is 3.13. The maximum Gasteiger partial charge on any atom is 0.337 e. The number of nitrogen functional groups attached to an aromatic ring is 1. The van der Waals surface area contributed by atoms with Crippen molar-refractivity contribution < 1.29 is 9.90 Å². The summed E-state index contributed by atoms with van der Waals surface area (Å²) in [7, 11) is 0. The van der Waals surface area contributed by atoms with E-state index < -0.39 is 5.97 Å². The van der Waals surface area contributed by atoms with E-state index in [2.05, 4.69) is 15.3 Å². The fraction of sp³-hybridized carbons (Fsp3) is 0.250. The van der Waals surface area contributed by atoms with Crippen LogP contribution in [0.4, 0.5) is 16.6 Å². The zero-order valence-electron chi connectivity index (χ0n) is 10.0. The van der Waals surface area contributed by atoms with Gasteiger partial charge in [-0.3, -0.25) is 0 Å². The SMILES string of the molecule is Nc1cnc(Nc2nc3c(s2)CCC3)cc1C(=O)O. The van der Waals surface area contributed by atoms with Crippen molar-refractivity contribution >= 4 is 33.9 Å². The molecule has 0 aromatic carbocycles. The monoisotopic (exact) mass is 276 g/mol. The molecule has 0 radical (unpaired) electrons. The molecule has 6 nitrogen and oxygen atoms in total. The molecular formula is C12H12N4O2S. The number of rotatable bonds is 3. The van der Waals surface area contributed by atoms with Crippen molar-refractivity contribution in [3.05, 3.63) is 28.4 Å². The largest absolute Gasteiger partial charge is 0.478 e. The lowest BCUT2D eigenvalue weighted by molar-refractivity contribution is 0.0698. The van der Waals surface area contributed by atoms with E-state index in [1.165, 1.54) is 17.1 Å². The number of carbonyl (C=O) groups is 1. The topological polar surface area (TPSA) is 101 Å². The molecule has 1 aliphatic rings. The highest BCUT2D eigenvalue weighted by molar-refractivity contribution is 7.15. The van der Waals surface area contributed by atoms with E-state index in [-0.39, 0.29) is 11.3 Å². The number of carboxylic acid groups (broad SMARTS) is 1. The van der Waals surface area contributed by atoms with Crippen molar-refractivity contribution in [3.8, 4) is 0 Å². The van der Waals surface area contributed by atoms with Crippen LogP contribution >= 0.6 is 11.3 Å². The minimum atomic E-state index is -1.07. The van der Waals surface area contributed by atoms with Gasteiger partial charge >= 0.3 is 5.97 Å². The summed E-state index contributed by atoms with van der Waals surface area (Å²) in [5.74, 6) is -0.622. The average Bonchev–Trinajstić information content (AvgIpc) is 2.91. The van der Waals surface area contributed by atoms with Gasteiger partial charge < -0.3 is 16.2 Å². The Morgan fingerprint density at radius 3 is 3.05 bits per heavy atom. The Kier molecular flexibility index (Phi) is 2.83. The second-order valence-electron chi connectivity index (χ2n) is 4.33. The summed E-state index contributed by atoms with van der Waals surface area (Å²) in [5.41, 5.74) is 6.89. The molecule has 2 aromatic rings. The van der Waals surface area contributed by atoms with Gasteiger partial charge in [0.2, 0.25) is 0 Å². The predicted molar refractivity (Wildman–Crippen MR) is 73.0 cm³/mol. The van der Waals surface area contributed by atoms with Gasteiger partial charge in [-0.15, -0.1) is 11.3 Å².